The molecule has 0 heterocycles. The van der Waals surface area contributed by atoms with Gasteiger partial charge in [-0.25, -0.2) is 4.79 Å². The Morgan fingerprint density at radius 1 is 1.16 bits per heavy atom. The molecule has 0 fully saturated rings. The van der Waals surface area contributed by atoms with Gasteiger partial charge < -0.3 is 15.4 Å². The molecule has 0 radical (unpaired) electrons. The van der Waals surface area contributed by atoms with Crippen molar-refractivity contribution in [2.45, 2.75) is 32.6 Å². The highest BCUT2D eigenvalue weighted by Gasteiger charge is 2.18. The first-order valence-corrected chi connectivity index (χ1v) is 9.07. The number of anilines is 1. The van der Waals surface area contributed by atoms with E-state index in [2.05, 4.69) is 47.3 Å². The van der Waals surface area contributed by atoms with Gasteiger partial charge in [-0.2, -0.15) is 0 Å². The molecule has 0 aromatic heterocycles. The lowest BCUT2D eigenvalue weighted by Crippen LogP contribution is -2.31. The number of benzene rings is 2. The number of nitrogens with one attached hydrogen (secondary N) is 2. The van der Waals surface area contributed by atoms with Gasteiger partial charge in [0, 0.05) is 12.2 Å². The highest BCUT2D eigenvalue weighted by atomic mass is 79.9. The number of carbonyl (C=O) groups is 1. The Hall–Kier alpha value is -2.01. The second kappa shape index (κ2) is 8.39. The minimum Gasteiger partial charge on any atom is -0.496 e. The number of methoxy groups -OCH3 is 1. The number of hydrogen-bond donors (Lipinski definition) is 2. The van der Waals surface area contributed by atoms with Crippen molar-refractivity contribution in [3.8, 4) is 5.75 Å². The normalized spacial score (nSPS) is 11.1. The summed E-state index contributed by atoms with van der Waals surface area (Å²) in [6.45, 7) is 6.95. The van der Waals surface area contributed by atoms with Crippen LogP contribution in [-0.2, 0) is 11.8 Å². The van der Waals surface area contributed by atoms with Crippen molar-refractivity contribution in [3.63, 3.8) is 0 Å². The van der Waals surface area contributed by atoms with Crippen LogP contribution in [0, 0.1) is 0 Å². The molecule has 0 saturated carbocycles. The van der Waals surface area contributed by atoms with Crippen molar-refractivity contribution in [2.75, 3.05) is 19.0 Å². The molecule has 5 heteroatoms. The van der Waals surface area contributed by atoms with E-state index in [4.69, 9.17) is 4.74 Å². The zero-order valence-corrected chi connectivity index (χ0v) is 16.7. The van der Waals surface area contributed by atoms with Gasteiger partial charge in [-0.3, -0.25) is 0 Å². The highest BCUT2D eigenvalue weighted by molar-refractivity contribution is 9.10. The minimum absolute atomic E-state index is 0.0285. The van der Waals surface area contributed by atoms with Gasteiger partial charge in [0.1, 0.15) is 5.75 Å². The van der Waals surface area contributed by atoms with E-state index in [1.807, 2.05) is 42.5 Å². The summed E-state index contributed by atoms with van der Waals surface area (Å²) in [4.78, 5) is 12.2. The summed E-state index contributed by atoms with van der Waals surface area (Å²) < 4.78 is 6.13. The summed E-state index contributed by atoms with van der Waals surface area (Å²) in [5, 5.41) is 5.86. The molecule has 2 N–H and O–H groups in total. The van der Waals surface area contributed by atoms with E-state index < -0.39 is 0 Å². The Labute approximate surface area is 158 Å². The second-order valence-corrected chi connectivity index (χ2v) is 7.75. The quantitative estimate of drug-likeness (QED) is 0.726. The molecule has 0 saturated heterocycles. The summed E-state index contributed by atoms with van der Waals surface area (Å²) in [5.74, 6) is 0.799. The van der Waals surface area contributed by atoms with Crippen LogP contribution >= 0.6 is 15.9 Å². The van der Waals surface area contributed by atoms with Gasteiger partial charge in [0.25, 0.3) is 0 Å². The number of amides is 2. The van der Waals surface area contributed by atoms with E-state index in [1.54, 1.807) is 7.11 Å². The third kappa shape index (κ3) is 5.49. The highest BCUT2D eigenvalue weighted by Crippen LogP contribution is 2.29. The van der Waals surface area contributed by atoms with Crippen molar-refractivity contribution in [3.05, 3.63) is 58.1 Å². The SMILES string of the molecule is COc1ccc(CCNC(=O)Nc2ccccc2C(C)(C)C)cc1Br. The Bertz CT molecular complexity index is 739. The standard InChI is InChI=1S/C20H25BrN2O2/c1-20(2,3)15-7-5-6-8-17(15)23-19(24)22-12-11-14-9-10-18(25-4)16(21)13-14/h5-10,13H,11-12H2,1-4H3,(H2,22,23,24). The zero-order chi connectivity index (χ0) is 18.4. The van der Waals surface area contributed by atoms with Crippen molar-refractivity contribution in [1.82, 2.24) is 5.32 Å². The fourth-order valence-electron chi connectivity index (χ4n) is 2.60. The maximum atomic E-state index is 12.2. The molecule has 0 atom stereocenters. The summed E-state index contributed by atoms with van der Waals surface area (Å²) in [6, 6.07) is 13.6. The van der Waals surface area contributed by atoms with Crippen LogP contribution in [-0.4, -0.2) is 19.7 Å². The molecule has 25 heavy (non-hydrogen) atoms. The van der Waals surface area contributed by atoms with Gasteiger partial charge in [-0.15, -0.1) is 0 Å². The molecule has 0 unspecified atom stereocenters. The predicted molar refractivity (Wildman–Crippen MR) is 107 cm³/mol. The molecule has 4 nitrogen and oxygen atoms in total. The van der Waals surface area contributed by atoms with Crippen LogP contribution in [0.2, 0.25) is 0 Å². The van der Waals surface area contributed by atoms with Crippen LogP contribution in [0.1, 0.15) is 31.9 Å². The van der Waals surface area contributed by atoms with Gasteiger partial charge >= 0.3 is 6.03 Å². The molecule has 2 rings (SSSR count). The van der Waals surface area contributed by atoms with Crippen molar-refractivity contribution < 1.29 is 9.53 Å². The topological polar surface area (TPSA) is 50.4 Å². The van der Waals surface area contributed by atoms with E-state index >= 15 is 0 Å². The average molecular weight is 405 g/mol. The number of carbonyl (C=O) groups excluding carboxylic acids is 1. The second-order valence-electron chi connectivity index (χ2n) is 6.90. The van der Waals surface area contributed by atoms with Gasteiger partial charge in [-0.1, -0.05) is 45.0 Å². The van der Waals surface area contributed by atoms with E-state index in [1.165, 1.54) is 0 Å². The van der Waals surface area contributed by atoms with Crippen LogP contribution in [0.5, 0.6) is 5.75 Å². The molecule has 2 aromatic carbocycles. The number of ether oxygens (including phenoxy) is 1. The molecule has 134 valence electrons. The molecule has 2 aromatic rings. The predicted octanol–water partition coefficient (Wildman–Crippen LogP) is 5.12. The van der Waals surface area contributed by atoms with E-state index in [9.17, 15) is 4.79 Å². The largest absolute Gasteiger partial charge is 0.496 e. The molecule has 0 aliphatic carbocycles. The first kappa shape index (κ1) is 19.3. The van der Waals surface area contributed by atoms with Crippen molar-refractivity contribution >= 4 is 27.6 Å². The van der Waals surface area contributed by atoms with Crippen molar-refractivity contribution in [1.29, 1.82) is 0 Å². The molecule has 0 bridgehead atoms. The Kier molecular flexibility index (Phi) is 6.48. The van der Waals surface area contributed by atoms with E-state index in [-0.39, 0.29) is 11.4 Å². The number of rotatable bonds is 5. The van der Waals surface area contributed by atoms with Gasteiger partial charge in [-0.05, 0) is 57.1 Å². The van der Waals surface area contributed by atoms with Gasteiger partial charge in [0.05, 0.1) is 11.6 Å². The van der Waals surface area contributed by atoms with E-state index in [0.717, 1.165) is 33.5 Å². The third-order valence-electron chi connectivity index (χ3n) is 3.90. The number of halogens is 1. The lowest BCUT2D eigenvalue weighted by Gasteiger charge is -2.23. The lowest BCUT2D eigenvalue weighted by atomic mass is 9.86. The van der Waals surface area contributed by atoms with Crippen LogP contribution in [0.3, 0.4) is 0 Å². The molecule has 0 aliphatic rings. The molecule has 0 aliphatic heterocycles. The van der Waals surface area contributed by atoms with Crippen LogP contribution in [0.25, 0.3) is 0 Å². The summed E-state index contributed by atoms with van der Waals surface area (Å²) >= 11 is 3.47. The zero-order valence-electron chi connectivity index (χ0n) is 15.2. The monoisotopic (exact) mass is 404 g/mol. The van der Waals surface area contributed by atoms with E-state index in [0.29, 0.717) is 6.54 Å². The smallest absolute Gasteiger partial charge is 0.319 e. The molecular formula is C20H25BrN2O2. The Morgan fingerprint density at radius 3 is 2.52 bits per heavy atom. The Morgan fingerprint density at radius 2 is 1.88 bits per heavy atom. The maximum Gasteiger partial charge on any atom is 0.319 e. The number of hydrogen-bond acceptors (Lipinski definition) is 2. The maximum absolute atomic E-state index is 12.2. The summed E-state index contributed by atoms with van der Waals surface area (Å²) in [5.41, 5.74) is 3.06. The molecule has 0 spiro atoms. The molecular weight excluding hydrogens is 380 g/mol. The van der Waals surface area contributed by atoms with Gasteiger partial charge in [0.15, 0.2) is 0 Å². The average Bonchev–Trinajstić information content (AvgIpc) is 2.54. The fraction of sp³-hybridized carbons (Fsp3) is 0.350. The minimum atomic E-state index is -0.190. The molecule has 2 amide bonds. The van der Waals surface area contributed by atoms with Crippen LogP contribution < -0.4 is 15.4 Å². The fourth-order valence-corrected chi connectivity index (χ4v) is 3.19. The summed E-state index contributed by atoms with van der Waals surface area (Å²) in [7, 11) is 1.64. The van der Waals surface area contributed by atoms with Gasteiger partial charge in [0.2, 0.25) is 0 Å². The lowest BCUT2D eigenvalue weighted by molar-refractivity contribution is 0.252. The summed E-state index contributed by atoms with van der Waals surface area (Å²) in [6.07, 6.45) is 0.747. The first-order chi connectivity index (χ1) is 11.8. The first-order valence-electron chi connectivity index (χ1n) is 8.28. The number of urea groups is 1. The van der Waals surface area contributed by atoms with Crippen molar-refractivity contribution in [2.24, 2.45) is 0 Å². The Balaban J connectivity index is 1.91. The van der Waals surface area contributed by atoms with Crippen LogP contribution in [0.15, 0.2) is 46.9 Å². The van der Waals surface area contributed by atoms with Crippen LogP contribution in [0.4, 0.5) is 10.5 Å². The third-order valence-corrected chi connectivity index (χ3v) is 4.52. The number of para-hydroxylation sites is 1.